The van der Waals surface area contributed by atoms with Crippen LogP contribution in [0.5, 0.6) is 5.75 Å². The fraction of sp³-hybridized carbons (Fsp3) is 0.583. The molecule has 0 N–H and O–H groups in total. The smallest absolute Gasteiger partial charge is 0.160 e. The molecule has 0 fully saturated rings. The molecule has 88 valence electrons. The molecule has 2 radical (unpaired) electrons. The van der Waals surface area contributed by atoms with Crippen molar-refractivity contribution in [2.75, 3.05) is 6.61 Å². The molecule has 1 aromatic rings. The van der Waals surface area contributed by atoms with E-state index in [9.17, 15) is 4.79 Å². The lowest BCUT2D eigenvalue weighted by molar-refractivity contribution is 0.112. The Balaban J connectivity index is 0.00000106. The van der Waals surface area contributed by atoms with Crippen LogP contribution in [0.25, 0.3) is 0 Å². The van der Waals surface area contributed by atoms with Crippen molar-refractivity contribution >= 4 is 30.2 Å². The van der Waals surface area contributed by atoms with E-state index in [0.717, 1.165) is 12.7 Å². The molecular weight excluding hydrogens is 219 g/mol. The van der Waals surface area contributed by atoms with Gasteiger partial charge >= 0.3 is 0 Å². The zero-order valence-electron chi connectivity index (χ0n) is 10.4. The van der Waals surface area contributed by atoms with Crippen LogP contribution in [-0.4, -0.2) is 20.7 Å². The maximum absolute atomic E-state index is 10.5. The van der Waals surface area contributed by atoms with Crippen molar-refractivity contribution in [3.8, 4) is 5.75 Å². The summed E-state index contributed by atoms with van der Waals surface area (Å²) in [6.45, 7) is 8.88. The average molecular weight is 238 g/mol. The molecule has 0 aliphatic heterocycles. The summed E-state index contributed by atoms with van der Waals surface area (Å²) in [6, 6.07) is 1.69. The fourth-order valence-corrected chi connectivity index (χ4v) is 1.61. The minimum atomic E-state index is 0.508. The van der Waals surface area contributed by atoms with Crippen LogP contribution < -0.4 is 9.51 Å². The van der Waals surface area contributed by atoms with E-state index >= 15 is 0 Å². The van der Waals surface area contributed by atoms with Gasteiger partial charge in [0, 0.05) is 6.07 Å². The molecule has 1 heterocycles. The first kappa shape index (κ1) is 15.2. The van der Waals surface area contributed by atoms with Gasteiger partial charge < -0.3 is 4.74 Å². The van der Waals surface area contributed by atoms with Gasteiger partial charge in [-0.3, -0.25) is 4.79 Å². The second-order valence-corrected chi connectivity index (χ2v) is 4.43. The molecule has 0 aromatic carbocycles. The van der Waals surface area contributed by atoms with Gasteiger partial charge in [-0.25, -0.2) is 0 Å². The summed E-state index contributed by atoms with van der Waals surface area (Å²) in [5, 5.41) is 0. The Labute approximate surface area is 103 Å². The number of hydrogen-bond donors (Lipinski definition) is 0. The average Bonchev–Trinajstić information content (AvgIpc) is 2.69. The minimum absolute atomic E-state index is 0.508. The largest absolute Gasteiger partial charge is 0.493 e. The Bertz CT molecular complexity index is 310. The van der Waals surface area contributed by atoms with Gasteiger partial charge in [0.25, 0.3) is 0 Å². The number of rotatable bonds is 5. The van der Waals surface area contributed by atoms with E-state index < -0.39 is 0 Å². The van der Waals surface area contributed by atoms with Gasteiger partial charge in [-0.05, 0) is 10.7 Å². The Morgan fingerprint density at radius 3 is 2.62 bits per heavy atom. The number of ether oxygens (including phenoxy) is 1. The third-order valence-electron chi connectivity index (χ3n) is 2.08. The highest BCUT2D eigenvalue weighted by Crippen LogP contribution is 2.17. The van der Waals surface area contributed by atoms with Crippen LogP contribution >= 0.6 is 11.3 Å². The zero-order valence-corrected chi connectivity index (χ0v) is 11.3. The molecule has 0 saturated carbocycles. The number of aldehydes is 1. The lowest BCUT2D eigenvalue weighted by atomic mass is 10.1. The zero-order chi connectivity index (χ0) is 12.6. The summed E-state index contributed by atoms with van der Waals surface area (Å²) in [4.78, 5) is 11.1. The summed E-state index contributed by atoms with van der Waals surface area (Å²) in [7, 11) is 5.68. The summed E-state index contributed by atoms with van der Waals surface area (Å²) in [6.07, 6.45) is 1.86. The third-order valence-corrected chi connectivity index (χ3v) is 2.95. The first-order valence-corrected chi connectivity index (χ1v) is 6.46. The van der Waals surface area contributed by atoms with Gasteiger partial charge in [0.1, 0.15) is 13.6 Å². The molecule has 0 amide bonds. The molecule has 4 heteroatoms. The fourth-order valence-electron chi connectivity index (χ4n) is 0.928. The highest BCUT2D eigenvalue weighted by atomic mass is 32.1. The van der Waals surface area contributed by atoms with Crippen molar-refractivity contribution in [3.05, 3.63) is 10.9 Å². The van der Waals surface area contributed by atoms with Gasteiger partial charge in [-0.2, -0.15) is 0 Å². The van der Waals surface area contributed by atoms with E-state index in [4.69, 9.17) is 12.6 Å². The van der Waals surface area contributed by atoms with Crippen molar-refractivity contribution in [3.63, 3.8) is 0 Å². The molecule has 16 heavy (non-hydrogen) atoms. The van der Waals surface area contributed by atoms with E-state index in [-0.39, 0.29) is 0 Å². The molecule has 0 spiro atoms. The topological polar surface area (TPSA) is 26.3 Å². The Kier molecular flexibility index (Phi) is 7.99. The van der Waals surface area contributed by atoms with Crippen LogP contribution in [0, 0.1) is 5.92 Å². The standard InChI is InChI=1S/C10H13BO2S.C2H6/c1-3-7(2)6-13-9-4-8(5-12)14-10(9)11;1-2/h4-5,7H,3,6H2,1-2H3;1-2H3. The van der Waals surface area contributed by atoms with Crippen LogP contribution in [0.3, 0.4) is 0 Å². The number of carbonyl (C=O) groups is 1. The summed E-state index contributed by atoms with van der Waals surface area (Å²) in [5.41, 5.74) is 0. The first-order valence-electron chi connectivity index (χ1n) is 5.64. The molecule has 0 bridgehead atoms. The minimum Gasteiger partial charge on any atom is -0.493 e. The van der Waals surface area contributed by atoms with Crippen LogP contribution in [0.15, 0.2) is 6.07 Å². The predicted molar refractivity (Wildman–Crippen MR) is 71.4 cm³/mol. The molecule has 1 rings (SSSR count). The van der Waals surface area contributed by atoms with Crippen molar-refractivity contribution < 1.29 is 9.53 Å². The van der Waals surface area contributed by atoms with E-state index in [0.29, 0.717) is 27.9 Å². The molecule has 0 aliphatic rings. The highest BCUT2D eigenvalue weighted by Gasteiger charge is 2.06. The number of hydrogen-bond acceptors (Lipinski definition) is 3. The van der Waals surface area contributed by atoms with Crippen LogP contribution in [0.2, 0.25) is 0 Å². The van der Waals surface area contributed by atoms with Gasteiger partial charge in [0.15, 0.2) is 6.29 Å². The van der Waals surface area contributed by atoms with Gasteiger partial charge in [0.05, 0.1) is 11.5 Å². The molecule has 1 unspecified atom stereocenters. The van der Waals surface area contributed by atoms with E-state index in [1.165, 1.54) is 11.3 Å². The van der Waals surface area contributed by atoms with Gasteiger partial charge in [-0.15, -0.1) is 11.3 Å². The van der Waals surface area contributed by atoms with Crippen LogP contribution in [-0.2, 0) is 0 Å². The molecule has 0 aliphatic carbocycles. The third kappa shape index (κ3) is 4.84. The van der Waals surface area contributed by atoms with E-state index in [2.05, 4.69) is 13.8 Å². The molecule has 0 saturated heterocycles. The van der Waals surface area contributed by atoms with Gasteiger partial charge in [0.2, 0.25) is 0 Å². The maximum Gasteiger partial charge on any atom is 0.160 e. The quantitative estimate of drug-likeness (QED) is 0.582. The molecule has 1 aromatic heterocycles. The summed E-state index contributed by atoms with van der Waals surface area (Å²) in [5.74, 6) is 1.14. The number of carbonyl (C=O) groups excluding carboxylic acids is 1. The van der Waals surface area contributed by atoms with Crippen molar-refractivity contribution in [2.24, 2.45) is 5.92 Å². The highest BCUT2D eigenvalue weighted by molar-refractivity contribution is 7.21. The Hall–Kier alpha value is -0.765. The lowest BCUT2D eigenvalue weighted by Crippen LogP contribution is -2.11. The van der Waals surface area contributed by atoms with Crippen molar-refractivity contribution in [1.82, 2.24) is 0 Å². The van der Waals surface area contributed by atoms with Crippen molar-refractivity contribution in [2.45, 2.75) is 34.1 Å². The second kappa shape index (κ2) is 8.39. The second-order valence-electron chi connectivity index (χ2n) is 3.32. The SMILES string of the molecule is CC.[B]c1sc(C=O)cc1OCC(C)CC. The Morgan fingerprint density at radius 2 is 2.19 bits per heavy atom. The van der Waals surface area contributed by atoms with Crippen LogP contribution in [0.4, 0.5) is 0 Å². The lowest BCUT2D eigenvalue weighted by Gasteiger charge is -2.10. The van der Waals surface area contributed by atoms with Crippen LogP contribution in [0.1, 0.15) is 43.8 Å². The van der Waals surface area contributed by atoms with Gasteiger partial charge in [-0.1, -0.05) is 34.1 Å². The van der Waals surface area contributed by atoms with E-state index in [1.807, 2.05) is 13.8 Å². The normalized spacial score (nSPS) is 11.2. The predicted octanol–water partition coefficient (Wildman–Crippen LogP) is 2.81. The summed E-state index contributed by atoms with van der Waals surface area (Å²) >= 11 is 1.26. The Morgan fingerprint density at radius 1 is 1.56 bits per heavy atom. The van der Waals surface area contributed by atoms with E-state index in [1.54, 1.807) is 6.07 Å². The molecule has 1 atom stereocenters. The maximum atomic E-state index is 10.5. The summed E-state index contributed by atoms with van der Waals surface area (Å²) < 4.78 is 6.08. The molecular formula is C12H19BO2S. The van der Waals surface area contributed by atoms with Crippen molar-refractivity contribution in [1.29, 1.82) is 0 Å². The first-order chi connectivity index (χ1) is 7.67. The number of thiophene rings is 1. The monoisotopic (exact) mass is 238 g/mol. The molecule has 2 nitrogen and oxygen atoms in total.